The summed E-state index contributed by atoms with van der Waals surface area (Å²) in [5.41, 5.74) is 0.148. The maximum Gasteiger partial charge on any atom is 0.343 e. The lowest BCUT2D eigenvalue weighted by atomic mass is 10.2. The molecule has 0 amide bonds. The van der Waals surface area contributed by atoms with Gasteiger partial charge in [-0.2, -0.15) is 5.26 Å². The molecule has 0 radical (unpaired) electrons. The molecule has 0 unspecified atom stereocenters. The average molecular weight is 362 g/mol. The summed E-state index contributed by atoms with van der Waals surface area (Å²) in [6.45, 7) is 2.66. The van der Waals surface area contributed by atoms with Gasteiger partial charge in [-0.3, -0.25) is 0 Å². The third-order valence-electron chi connectivity index (χ3n) is 3.44. The molecule has 130 valence electrons. The van der Waals surface area contributed by atoms with E-state index < -0.39 is 11.8 Å². The van der Waals surface area contributed by atoms with Gasteiger partial charge in [0.1, 0.15) is 23.4 Å². The Morgan fingerprint density at radius 3 is 2.64 bits per heavy atom. The second-order valence-electron chi connectivity index (χ2n) is 5.34. The number of nitrogens with zero attached hydrogens (tertiary/aromatic N) is 1. The van der Waals surface area contributed by atoms with E-state index in [1.54, 1.807) is 12.1 Å². The van der Waals surface area contributed by atoms with E-state index in [9.17, 15) is 9.18 Å². The van der Waals surface area contributed by atoms with Crippen LogP contribution in [0.2, 0.25) is 5.02 Å². The summed E-state index contributed by atoms with van der Waals surface area (Å²) in [7, 11) is 0. The molecule has 0 spiro atoms. The molecule has 0 saturated heterocycles. The number of halogens is 2. The quantitative estimate of drug-likeness (QED) is 0.389. The first-order valence-corrected chi connectivity index (χ1v) is 8.27. The van der Waals surface area contributed by atoms with Crippen LogP contribution in [0.25, 0.3) is 0 Å². The molecule has 0 fully saturated rings. The molecule has 0 N–H and O–H groups in total. The first-order valence-electron chi connectivity index (χ1n) is 7.89. The van der Waals surface area contributed by atoms with Crippen molar-refractivity contribution in [2.75, 3.05) is 6.61 Å². The summed E-state index contributed by atoms with van der Waals surface area (Å²) in [6.07, 6.45) is 3.09. The molecule has 0 atom stereocenters. The fourth-order valence-corrected chi connectivity index (χ4v) is 2.35. The third kappa shape index (κ3) is 5.20. The average Bonchev–Trinajstić information content (AvgIpc) is 2.61. The first-order chi connectivity index (χ1) is 12.0. The summed E-state index contributed by atoms with van der Waals surface area (Å²) in [6, 6.07) is 9.70. The molecule has 6 heteroatoms. The number of carbonyl (C=O) groups is 1. The van der Waals surface area contributed by atoms with Crippen molar-refractivity contribution in [2.45, 2.75) is 26.2 Å². The first kappa shape index (κ1) is 18.8. The largest absolute Gasteiger partial charge is 0.492 e. The molecule has 0 aliphatic carbocycles. The van der Waals surface area contributed by atoms with E-state index in [-0.39, 0.29) is 16.9 Å². The second kappa shape index (κ2) is 9.05. The number of benzene rings is 2. The molecule has 2 aromatic rings. The minimum absolute atomic E-state index is 0.00934. The Balaban J connectivity index is 2.07. The van der Waals surface area contributed by atoms with Gasteiger partial charge < -0.3 is 9.47 Å². The summed E-state index contributed by atoms with van der Waals surface area (Å²) < 4.78 is 23.8. The van der Waals surface area contributed by atoms with Crippen molar-refractivity contribution in [1.29, 1.82) is 5.26 Å². The number of unbranched alkanes of at least 4 members (excludes halogenated alkanes) is 2. The number of nitriles is 1. The van der Waals surface area contributed by atoms with Crippen LogP contribution in [0.3, 0.4) is 0 Å². The van der Waals surface area contributed by atoms with E-state index in [0.717, 1.165) is 31.4 Å². The van der Waals surface area contributed by atoms with Crippen molar-refractivity contribution in [3.63, 3.8) is 0 Å². The van der Waals surface area contributed by atoms with E-state index in [2.05, 4.69) is 6.92 Å². The van der Waals surface area contributed by atoms with Crippen molar-refractivity contribution in [3.8, 4) is 17.6 Å². The van der Waals surface area contributed by atoms with Gasteiger partial charge in [0.25, 0.3) is 0 Å². The molecular formula is C19H17ClFNO3. The van der Waals surface area contributed by atoms with Crippen LogP contribution < -0.4 is 9.47 Å². The highest BCUT2D eigenvalue weighted by Gasteiger charge is 2.14. The standard InChI is InChI=1S/C19H17ClFNO3/c1-2-3-4-9-24-18-7-5-13(11-16(18)20)19(23)25-17-8-6-15(21)10-14(17)12-22/h5-8,10-11H,2-4,9H2,1H3. The van der Waals surface area contributed by atoms with E-state index in [1.165, 1.54) is 18.2 Å². The highest BCUT2D eigenvalue weighted by molar-refractivity contribution is 6.32. The minimum Gasteiger partial charge on any atom is -0.492 e. The number of hydrogen-bond acceptors (Lipinski definition) is 4. The van der Waals surface area contributed by atoms with Crippen molar-refractivity contribution < 1.29 is 18.7 Å². The topological polar surface area (TPSA) is 59.3 Å². The number of rotatable bonds is 7. The molecule has 25 heavy (non-hydrogen) atoms. The fourth-order valence-electron chi connectivity index (χ4n) is 2.12. The Kier molecular flexibility index (Phi) is 6.79. The van der Waals surface area contributed by atoms with E-state index >= 15 is 0 Å². The van der Waals surface area contributed by atoms with Crippen molar-refractivity contribution >= 4 is 17.6 Å². The predicted molar refractivity (Wildman–Crippen MR) is 92.5 cm³/mol. The zero-order valence-electron chi connectivity index (χ0n) is 13.7. The van der Waals surface area contributed by atoms with Crippen LogP contribution in [-0.4, -0.2) is 12.6 Å². The lowest BCUT2D eigenvalue weighted by Crippen LogP contribution is -2.10. The van der Waals surface area contributed by atoms with E-state index in [1.807, 2.05) is 0 Å². The van der Waals surface area contributed by atoms with Crippen LogP contribution in [0, 0.1) is 17.1 Å². The van der Waals surface area contributed by atoms with E-state index in [4.69, 9.17) is 26.3 Å². The van der Waals surface area contributed by atoms with Crippen LogP contribution in [-0.2, 0) is 0 Å². The summed E-state index contributed by atoms with van der Waals surface area (Å²) >= 11 is 6.13. The van der Waals surface area contributed by atoms with Crippen molar-refractivity contribution in [3.05, 3.63) is 58.4 Å². The van der Waals surface area contributed by atoms with Gasteiger partial charge in [0.05, 0.1) is 22.8 Å². The maximum absolute atomic E-state index is 13.1. The highest BCUT2D eigenvalue weighted by Crippen LogP contribution is 2.27. The molecular weight excluding hydrogens is 345 g/mol. The van der Waals surface area contributed by atoms with Gasteiger partial charge >= 0.3 is 5.97 Å². The summed E-state index contributed by atoms with van der Waals surface area (Å²) in [5, 5.41) is 9.28. The molecule has 2 rings (SSSR count). The van der Waals surface area contributed by atoms with Gasteiger partial charge in [-0.05, 0) is 42.8 Å². The van der Waals surface area contributed by atoms with Crippen LogP contribution in [0.1, 0.15) is 42.1 Å². The molecule has 0 aliphatic rings. The van der Waals surface area contributed by atoms with Gasteiger partial charge in [-0.15, -0.1) is 0 Å². The summed E-state index contributed by atoms with van der Waals surface area (Å²) in [4.78, 5) is 12.2. The SMILES string of the molecule is CCCCCOc1ccc(C(=O)Oc2ccc(F)cc2C#N)cc1Cl. The van der Waals surface area contributed by atoms with Gasteiger partial charge in [-0.25, -0.2) is 9.18 Å². The zero-order chi connectivity index (χ0) is 18.2. The number of hydrogen-bond donors (Lipinski definition) is 0. The Bertz CT molecular complexity index is 802. The van der Waals surface area contributed by atoms with Gasteiger partial charge in [-0.1, -0.05) is 31.4 Å². The highest BCUT2D eigenvalue weighted by atomic mass is 35.5. The van der Waals surface area contributed by atoms with Gasteiger partial charge in [0.2, 0.25) is 0 Å². The van der Waals surface area contributed by atoms with Gasteiger partial charge in [0.15, 0.2) is 0 Å². The number of esters is 1. The van der Waals surface area contributed by atoms with Gasteiger partial charge in [0, 0.05) is 0 Å². The Morgan fingerprint density at radius 1 is 1.20 bits per heavy atom. The van der Waals surface area contributed by atoms with Crippen molar-refractivity contribution in [2.24, 2.45) is 0 Å². The molecule has 4 nitrogen and oxygen atoms in total. The monoisotopic (exact) mass is 361 g/mol. The van der Waals surface area contributed by atoms with Crippen LogP contribution in [0.15, 0.2) is 36.4 Å². The lowest BCUT2D eigenvalue weighted by Gasteiger charge is -2.10. The van der Waals surface area contributed by atoms with E-state index in [0.29, 0.717) is 17.4 Å². The number of ether oxygens (including phenoxy) is 2. The smallest absolute Gasteiger partial charge is 0.343 e. The minimum atomic E-state index is -0.692. The zero-order valence-corrected chi connectivity index (χ0v) is 14.5. The van der Waals surface area contributed by atoms with Crippen LogP contribution in [0.4, 0.5) is 4.39 Å². The second-order valence-corrected chi connectivity index (χ2v) is 5.75. The molecule has 0 bridgehead atoms. The molecule has 0 heterocycles. The van der Waals surface area contributed by atoms with Crippen LogP contribution in [0.5, 0.6) is 11.5 Å². The molecule has 0 aliphatic heterocycles. The third-order valence-corrected chi connectivity index (χ3v) is 3.73. The maximum atomic E-state index is 13.1. The molecule has 0 saturated carbocycles. The predicted octanol–water partition coefficient (Wildman–Crippen LogP) is 5.14. The molecule has 0 aromatic heterocycles. The molecule has 2 aromatic carbocycles. The fraction of sp³-hybridized carbons (Fsp3) is 0.263. The van der Waals surface area contributed by atoms with Crippen molar-refractivity contribution in [1.82, 2.24) is 0 Å². The number of carbonyl (C=O) groups excluding carboxylic acids is 1. The Hall–Kier alpha value is -2.58. The Morgan fingerprint density at radius 2 is 1.96 bits per heavy atom. The van der Waals surface area contributed by atoms with Crippen LogP contribution >= 0.6 is 11.6 Å². The summed E-state index contributed by atoms with van der Waals surface area (Å²) in [5.74, 6) is -0.787. The Labute approximate surface area is 150 Å². The lowest BCUT2D eigenvalue weighted by molar-refractivity contribution is 0.0734. The normalized spacial score (nSPS) is 10.2.